The number of para-hydroxylation sites is 1. The first-order chi connectivity index (χ1) is 11.7. The van der Waals surface area contributed by atoms with Crippen LogP contribution in [0.3, 0.4) is 0 Å². The van der Waals surface area contributed by atoms with Crippen LogP contribution < -0.4 is 5.32 Å². The lowest BCUT2D eigenvalue weighted by atomic mass is 10.1. The van der Waals surface area contributed by atoms with Gasteiger partial charge in [-0.2, -0.15) is 16.9 Å². The van der Waals surface area contributed by atoms with Gasteiger partial charge in [0.25, 0.3) is 5.91 Å². The topological polar surface area (TPSA) is 60.1 Å². The van der Waals surface area contributed by atoms with Gasteiger partial charge in [0.05, 0.1) is 17.5 Å². The number of benzene rings is 1. The highest BCUT2D eigenvalue weighted by molar-refractivity contribution is 7.97. The fraction of sp³-hybridized carbons (Fsp3) is 0.222. The smallest absolute Gasteiger partial charge is 0.287 e. The Bertz CT molecular complexity index is 811. The van der Waals surface area contributed by atoms with Crippen molar-refractivity contribution in [1.82, 2.24) is 15.1 Å². The Morgan fingerprint density at radius 2 is 2.12 bits per heavy atom. The van der Waals surface area contributed by atoms with Crippen molar-refractivity contribution in [2.24, 2.45) is 0 Å². The van der Waals surface area contributed by atoms with Crippen LogP contribution in [0.1, 0.15) is 34.8 Å². The molecule has 5 nitrogen and oxygen atoms in total. The second-order valence-electron chi connectivity index (χ2n) is 5.40. The highest BCUT2D eigenvalue weighted by Crippen LogP contribution is 2.22. The molecular formula is C18H19N3O2S. The van der Waals surface area contributed by atoms with Gasteiger partial charge >= 0.3 is 0 Å². The summed E-state index contributed by atoms with van der Waals surface area (Å²) in [6.07, 6.45) is 5.61. The minimum atomic E-state index is -0.217. The first kappa shape index (κ1) is 16.4. The summed E-state index contributed by atoms with van der Waals surface area (Å²) >= 11 is 1.66. The summed E-state index contributed by atoms with van der Waals surface area (Å²) in [5.74, 6) is 1.68. The minimum absolute atomic E-state index is 0.174. The first-order valence-corrected chi connectivity index (χ1v) is 9.06. The van der Waals surface area contributed by atoms with Crippen molar-refractivity contribution in [1.29, 1.82) is 0 Å². The summed E-state index contributed by atoms with van der Waals surface area (Å²) < 4.78 is 7.37. The van der Waals surface area contributed by atoms with E-state index in [-0.39, 0.29) is 11.9 Å². The minimum Gasteiger partial charge on any atom is -0.455 e. The normalized spacial score (nSPS) is 12.1. The van der Waals surface area contributed by atoms with Crippen molar-refractivity contribution in [3.05, 3.63) is 71.9 Å². The lowest BCUT2D eigenvalue weighted by Crippen LogP contribution is -2.27. The maximum Gasteiger partial charge on any atom is 0.287 e. The molecule has 0 bridgehead atoms. The fourth-order valence-corrected chi connectivity index (χ4v) is 2.98. The van der Waals surface area contributed by atoms with Crippen molar-refractivity contribution < 1.29 is 9.21 Å². The molecule has 0 aliphatic carbocycles. The summed E-state index contributed by atoms with van der Waals surface area (Å²) in [6, 6.07) is 13.1. The summed E-state index contributed by atoms with van der Waals surface area (Å²) in [7, 11) is 0. The second-order valence-corrected chi connectivity index (χ2v) is 6.27. The van der Waals surface area contributed by atoms with Crippen LogP contribution in [0.2, 0.25) is 0 Å². The molecule has 0 aliphatic heterocycles. The van der Waals surface area contributed by atoms with Crippen molar-refractivity contribution >= 4 is 17.7 Å². The van der Waals surface area contributed by atoms with Crippen molar-refractivity contribution in [2.45, 2.75) is 18.7 Å². The molecule has 1 atom stereocenters. The molecule has 0 aliphatic rings. The Morgan fingerprint density at radius 1 is 1.29 bits per heavy atom. The van der Waals surface area contributed by atoms with E-state index < -0.39 is 0 Å². The summed E-state index contributed by atoms with van der Waals surface area (Å²) in [4.78, 5) is 12.4. The van der Waals surface area contributed by atoms with Crippen LogP contribution >= 0.6 is 11.8 Å². The van der Waals surface area contributed by atoms with E-state index >= 15 is 0 Å². The third-order valence-electron chi connectivity index (χ3n) is 3.67. The highest BCUT2D eigenvalue weighted by atomic mass is 32.2. The third-order valence-corrected chi connectivity index (χ3v) is 4.25. The van der Waals surface area contributed by atoms with Crippen LogP contribution in [0, 0.1) is 0 Å². The molecule has 0 saturated heterocycles. The molecule has 0 fully saturated rings. The molecule has 3 aromatic rings. The standard InChI is InChI=1S/C18H19N3O2S/c1-13(20-18(22)17-9-8-14(23-17)12-24-2)15-6-3-4-7-16(15)21-11-5-10-19-21/h3-11,13H,12H2,1-2H3,(H,20,22)/t13-/m1/s1. The number of rotatable bonds is 6. The van der Waals surface area contributed by atoms with E-state index in [9.17, 15) is 4.79 Å². The van der Waals surface area contributed by atoms with E-state index in [1.807, 2.05) is 55.8 Å². The predicted molar refractivity (Wildman–Crippen MR) is 95.4 cm³/mol. The molecule has 6 heteroatoms. The summed E-state index contributed by atoms with van der Waals surface area (Å²) in [6.45, 7) is 1.95. The molecule has 124 valence electrons. The molecule has 0 radical (unpaired) electrons. The van der Waals surface area contributed by atoms with E-state index in [2.05, 4.69) is 10.4 Å². The number of hydrogen-bond donors (Lipinski definition) is 1. The molecule has 1 amide bonds. The van der Waals surface area contributed by atoms with Gasteiger partial charge in [-0.3, -0.25) is 4.79 Å². The molecule has 0 unspecified atom stereocenters. The lowest BCUT2D eigenvalue weighted by Gasteiger charge is -2.17. The second kappa shape index (κ2) is 7.40. The molecule has 0 spiro atoms. The molecule has 1 N–H and O–H groups in total. The van der Waals surface area contributed by atoms with Gasteiger partial charge in [0.1, 0.15) is 5.76 Å². The van der Waals surface area contributed by atoms with E-state index in [1.165, 1.54) is 0 Å². The zero-order chi connectivity index (χ0) is 16.9. The van der Waals surface area contributed by atoms with Crippen LogP contribution in [0.5, 0.6) is 0 Å². The third kappa shape index (κ3) is 3.54. The Balaban J connectivity index is 1.77. The largest absolute Gasteiger partial charge is 0.455 e. The van der Waals surface area contributed by atoms with Crippen molar-refractivity contribution in [3.8, 4) is 5.69 Å². The van der Waals surface area contributed by atoms with Crippen LogP contribution in [0.25, 0.3) is 5.69 Å². The van der Waals surface area contributed by atoms with Gasteiger partial charge in [0, 0.05) is 12.4 Å². The van der Waals surface area contributed by atoms with Crippen molar-refractivity contribution in [3.63, 3.8) is 0 Å². The fourth-order valence-electron chi connectivity index (χ4n) is 2.54. The quantitative estimate of drug-likeness (QED) is 0.740. The predicted octanol–water partition coefficient (Wildman–Crippen LogP) is 3.82. The highest BCUT2D eigenvalue weighted by Gasteiger charge is 2.17. The molecule has 1 aromatic carbocycles. The van der Waals surface area contributed by atoms with Crippen LogP contribution in [-0.2, 0) is 5.75 Å². The van der Waals surface area contributed by atoms with E-state index in [4.69, 9.17) is 4.42 Å². The van der Waals surface area contributed by atoms with Crippen LogP contribution in [0.4, 0.5) is 0 Å². The van der Waals surface area contributed by atoms with Crippen molar-refractivity contribution in [2.75, 3.05) is 6.26 Å². The zero-order valence-electron chi connectivity index (χ0n) is 13.6. The van der Waals surface area contributed by atoms with Gasteiger partial charge in [-0.15, -0.1) is 0 Å². The number of aromatic nitrogens is 2. The summed E-state index contributed by atoms with van der Waals surface area (Å²) in [5, 5.41) is 7.26. The van der Waals surface area contributed by atoms with Gasteiger partial charge in [-0.05, 0) is 43.0 Å². The molecule has 2 heterocycles. The van der Waals surface area contributed by atoms with Crippen LogP contribution in [0.15, 0.2) is 59.3 Å². The van der Waals surface area contributed by atoms with Gasteiger partial charge in [0.2, 0.25) is 0 Å². The van der Waals surface area contributed by atoms with Crippen LogP contribution in [-0.4, -0.2) is 21.9 Å². The monoisotopic (exact) mass is 341 g/mol. The molecule has 3 rings (SSSR count). The number of nitrogens with one attached hydrogen (secondary N) is 1. The van der Waals surface area contributed by atoms with Gasteiger partial charge in [0.15, 0.2) is 5.76 Å². The van der Waals surface area contributed by atoms with E-state index in [1.54, 1.807) is 28.7 Å². The lowest BCUT2D eigenvalue weighted by molar-refractivity contribution is 0.0910. The Kier molecular flexibility index (Phi) is 5.05. The Labute approximate surface area is 145 Å². The molecule has 24 heavy (non-hydrogen) atoms. The maximum absolute atomic E-state index is 12.4. The Morgan fingerprint density at radius 3 is 2.88 bits per heavy atom. The number of amides is 1. The van der Waals surface area contributed by atoms with Gasteiger partial charge < -0.3 is 9.73 Å². The molecular weight excluding hydrogens is 322 g/mol. The number of furan rings is 1. The number of carbonyl (C=O) groups excluding carboxylic acids is 1. The van der Waals surface area contributed by atoms with Gasteiger partial charge in [-0.1, -0.05) is 18.2 Å². The number of hydrogen-bond acceptors (Lipinski definition) is 4. The van der Waals surface area contributed by atoms with E-state index in [0.717, 1.165) is 22.8 Å². The average molecular weight is 341 g/mol. The van der Waals surface area contributed by atoms with E-state index in [0.29, 0.717) is 5.76 Å². The molecule has 0 saturated carbocycles. The summed E-state index contributed by atoms with van der Waals surface area (Å²) in [5.41, 5.74) is 1.93. The number of carbonyl (C=O) groups is 1. The molecule has 2 aromatic heterocycles. The number of thioether (sulfide) groups is 1. The average Bonchev–Trinajstić information content (AvgIpc) is 3.27. The zero-order valence-corrected chi connectivity index (χ0v) is 14.4. The Hall–Kier alpha value is -2.47. The van der Waals surface area contributed by atoms with Gasteiger partial charge in [-0.25, -0.2) is 4.68 Å². The number of nitrogens with zero attached hydrogens (tertiary/aromatic N) is 2. The maximum atomic E-state index is 12.4. The SMILES string of the molecule is CSCc1ccc(C(=O)N[C@H](C)c2ccccc2-n2cccn2)o1. The first-order valence-electron chi connectivity index (χ1n) is 7.66.